The highest BCUT2D eigenvalue weighted by Gasteiger charge is 2.26. The number of aryl methyl sites for hydroxylation is 1. The summed E-state index contributed by atoms with van der Waals surface area (Å²) in [4.78, 5) is 21.3. The number of amides is 1. The van der Waals surface area contributed by atoms with Crippen LogP contribution in [0.25, 0.3) is 5.65 Å². The normalized spacial score (nSPS) is 14.6. The van der Waals surface area contributed by atoms with Crippen LogP contribution < -0.4 is 9.64 Å². The summed E-state index contributed by atoms with van der Waals surface area (Å²) in [5.41, 5.74) is 1.25. The number of benzene rings is 1. The van der Waals surface area contributed by atoms with Crippen LogP contribution in [-0.2, 0) is 0 Å². The highest BCUT2D eigenvalue weighted by molar-refractivity contribution is 6.30. The number of piperazine rings is 1. The fourth-order valence-corrected chi connectivity index (χ4v) is 3.45. The minimum atomic E-state index is -0.0624. The number of nitrogens with zero attached hydrogens (tertiary/aromatic N) is 6. The number of aromatic nitrogens is 4. The lowest BCUT2D eigenvalue weighted by Crippen LogP contribution is -2.49. The van der Waals surface area contributed by atoms with Crippen molar-refractivity contribution in [3.63, 3.8) is 0 Å². The summed E-state index contributed by atoms with van der Waals surface area (Å²) in [6.07, 6.45) is 3.59. The third-order valence-corrected chi connectivity index (χ3v) is 4.97. The summed E-state index contributed by atoms with van der Waals surface area (Å²) in [6, 6.07) is 5.06. The zero-order valence-electron chi connectivity index (χ0n) is 15.1. The summed E-state index contributed by atoms with van der Waals surface area (Å²) >= 11 is 5.99. The van der Waals surface area contributed by atoms with Crippen molar-refractivity contribution >= 4 is 29.0 Å². The van der Waals surface area contributed by atoms with Gasteiger partial charge in [0.25, 0.3) is 5.91 Å². The van der Waals surface area contributed by atoms with Crippen molar-refractivity contribution in [3.8, 4) is 5.75 Å². The van der Waals surface area contributed by atoms with Crippen LogP contribution in [0.3, 0.4) is 0 Å². The van der Waals surface area contributed by atoms with Gasteiger partial charge in [-0.25, -0.2) is 4.98 Å². The summed E-state index contributed by atoms with van der Waals surface area (Å²) in [6.45, 7) is 4.40. The Bertz CT molecular complexity index is 997. The maximum Gasteiger partial charge on any atom is 0.257 e. The number of carbonyl (C=O) groups excluding carboxylic acids is 1. The van der Waals surface area contributed by atoms with Crippen LogP contribution in [0.15, 0.2) is 30.6 Å². The monoisotopic (exact) mass is 386 g/mol. The molecule has 0 atom stereocenters. The molecular weight excluding hydrogens is 368 g/mol. The Morgan fingerprint density at radius 2 is 1.96 bits per heavy atom. The molecule has 4 rings (SSSR count). The van der Waals surface area contributed by atoms with E-state index in [1.54, 1.807) is 24.4 Å². The summed E-state index contributed by atoms with van der Waals surface area (Å²) in [7, 11) is 1.53. The van der Waals surface area contributed by atoms with Gasteiger partial charge in [0.05, 0.1) is 12.7 Å². The number of hydrogen-bond donors (Lipinski definition) is 0. The maximum atomic E-state index is 12.9. The van der Waals surface area contributed by atoms with Gasteiger partial charge < -0.3 is 14.5 Å². The summed E-state index contributed by atoms with van der Waals surface area (Å²) < 4.78 is 7.22. The predicted octanol–water partition coefficient (Wildman–Crippen LogP) is 2.06. The highest BCUT2D eigenvalue weighted by Crippen LogP contribution is 2.25. The minimum Gasteiger partial charge on any atom is -0.496 e. The molecule has 27 heavy (non-hydrogen) atoms. The third kappa shape index (κ3) is 3.16. The Labute approximate surface area is 161 Å². The Kier molecular flexibility index (Phi) is 4.57. The molecule has 140 valence electrons. The van der Waals surface area contributed by atoms with Gasteiger partial charge >= 0.3 is 0 Å². The van der Waals surface area contributed by atoms with Crippen molar-refractivity contribution < 1.29 is 9.53 Å². The molecule has 1 fully saturated rings. The highest BCUT2D eigenvalue weighted by atomic mass is 35.5. The van der Waals surface area contributed by atoms with E-state index in [-0.39, 0.29) is 5.91 Å². The van der Waals surface area contributed by atoms with Gasteiger partial charge in [0.2, 0.25) is 5.65 Å². The molecule has 1 aliphatic heterocycles. The van der Waals surface area contributed by atoms with E-state index in [2.05, 4.69) is 20.1 Å². The molecule has 2 aromatic heterocycles. The number of anilines is 1. The molecule has 1 aliphatic rings. The van der Waals surface area contributed by atoms with E-state index in [1.165, 1.54) is 7.11 Å². The van der Waals surface area contributed by atoms with Gasteiger partial charge in [0, 0.05) is 43.6 Å². The lowest BCUT2D eigenvalue weighted by Gasteiger charge is -2.35. The number of carbonyl (C=O) groups is 1. The molecule has 3 aromatic rings. The fraction of sp³-hybridized carbons (Fsp3) is 0.333. The first-order chi connectivity index (χ1) is 13.1. The average Bonchev–Trinajstić information content (AvgIpc) is 3.08. The van der Waals surface area contributed by atoms with E-state index in [4.69, 9.17) is 16.3 Å². The van der Waals surface area contributed by atoms with E-state index < -0.39 is 0 Å². The molecule has 1 amide bonds. The number of hydrogen-bond acceptors (Lipinski definition) is 6. The largest absolute Gasteiger partial charge is 0.496 e. The fourth-order valence-electron chi connectivity index (χ4n) is 3.29. The number of halogens is 1. The second kappa shape index (κ2) is 7.03. The van der Waals surface area contributed by atoms with Gasteiger partial charge in [-0.3, -0.25) is 9.20 Å². The molecule has 8 nitrogen and oxygen atoms in total. The smallest absolute Gasteiger partial charge is 0.257 e. The second-order valence-electron chi connectivity index (χ2n) is 6.32. The van der Waals surface area contributed by atoms with Crippen molar-refractivity contribution in [1.29, 1.82) is 0 Å². The van der Waals surface area contributed by atoms with E-state index in [0.717, 1.165) is 17.3 Å². The van der Waals surface area contributed by atoms with Crippen LogP contribution >= 0.6 is 11.6 Å². The molecule has 3 heterocycles. The van der Waals surface area contributed by atoms with Crippen LogP contribution in [0.1, 0.15) is 16.2 Å². The molecule has 0 bridgehead atoms. The van der Waals surface area contributed by atoms with Gasteiger partial charge in [-0.15, -0.1) is 10.2 Å². The minimum absolute atomic E-state index is 0.0624. The predicted molar refractivity (Wildman–Crippen MR) is 102 cm³/mol. The van der Waals surface area contributed by atoms with Crippen LogP contribution in [0.4, 0.5) is 5.82 Å². The lowest BCUT2D eigenvalue weighted by molar-refractivity contribution is 0.0743. The number of rotatable bonds is 3. The van der Waals surface area contributed by atoms with Crippen molar-refractivity contribution in [2.45, 2.75) is 6.92 Å². The molecule has 0 spiro atoms. The van der Waals surface area contributed by atoms with Crippen LogP contribution in [-0.4, -0.2) is 63.7 Å². The zero-order valence-corrected chi connectivity index (χ0v) is 15.8. The van der Waals surface area contributed by atoms with Crippen molar-refractivity contribution in [2.24, 2.45) is 0 Å². The van der Waals surface area contributed by atoms with Crippen molar-refractivity contribution in [3.05, 3.63) is 47.0 Å². The van der Waals surface area contributed by atoms with Gasteiger partial charge in [-0.05, 0) is 25.1 Å². The first-order valence-electron chi connectivity index (χ1n) is 8.62. The molecule has 0 saturated carbocycles. The van der Waals surface area contributed by atoms with Crippen molar-refractivity contribution in [1.82, 2.24) is 24.5 Å². The van der Waals surface area contributed by atoms with E-state index in [9.17, 15) is 4.79 Å². The summed E-state index contributed by atoms with van der Waals surface area (Å²) in [5.74, 6) is 2.03. The molecule has 0 N–H and O–H groups in total. The van der Waals surface area contributed by atoms with Crippen LogP contribution in [0, 0.1) is 6.92 Å². The SMILES string of the molecule is COc1cc(Cl)ccc1C(=O)N1CCN(c2nccn3c(C)nnc23)CC1. The maximum absolute atomic E-state index is 12.9. The topological polar surface area (TPSA) is 75.9 Å². The Hall–Kier alpha value is -2.87. The standard InChI is InChI=1S/C18H19ClN6O2/c1-12-21-22-17-16(20-5-6-25(12)17)23-7-9-24(10-8-23)18(26)14-4-3-13(19)11-15(14)27-2/h3-6,11H,7-10H2,1-2H3. The van der Waals surface area contributed by atoms with Gasteiger partial charge in [0.1, 0.15) is 11.6 Å². The summed E-state index contributed by atoms with van der Waals surface area (Å²) in [5, 5.41) is 8.88. The first kappa shape index (κ1) is 17.5. The Balaban J connectivity index is 1.51. The number of ether oxygens (including phenoxy) is 1. The Morgan fingerprint density at radius 1 is 1.19 bits per heavy atom. The zero-order chi connectivity index (χ0) is 19.0. The Morgan fingerprint density at radius 3 is 2.70 bits per heavy atom. The van der Waals surface area contributed by atoms with Gasteiger partial charge in [-0.2, -0.15) is 0 Å². The molecule has 0 unspecified atom stereocenters. The van der Waals surface area contributed by atoms with E-state index in [1.807, 2.05) is 22.4 Å². The molecular formula is C18H19ClN6O2. The lowest BCUT2D eigenvalue weighted by atomic mass is 10.1. The van der Waals surface area contributed by atoms with E-state index in [0.29, 0.717) is 42.5 Å². The first-order valence-corrected chi connectivity index (χ1v) is 9.00. The van der Waals surface area contributed by atoms with E-state index >= 15 is 0 Å². The van der Waals surface area contributed by atoms with Crippen molar-refractivity contribution in [2.75, 3.05) is 38.2 Å². The number of fused-ring (bicyclic) bond motifs is 1. The van der Waals surface area contributed by atoms with Crippen LogP contribution in [0.5, 0.6) is 5.75 Å². The molecule has 1 aromatic carbocycles. The molecule has 0 radical (unpaired) electrons. The van der Waals surface area contributed by atoms with Gasteiger partial charge in [0.15, 0.2) is 5.82 Å². The van der Waals surface area contributed by atoms with Gasteiger partial charge in [-0.1, -0.05) is 11.6 Å². The molecule has 0 aliphatic carbocycles. The quantitative estimate of drug-likeness (QED) is 0.685. The molecule has 9 heteroatoms. The van der Waals surface area contributed by atoms with Crippen LogP contribution in [0.2, 0.25) is 5.02 Å². The second-order valence-corrected chi connectivity index (χ2v) is 6.75. The number of methoxy groups -OCH3 is 1. The molecule has 1 saturated heterocycles. The third-order valence-electron chi connectivity index (χ3n) is 4.74. The average molecular weight is 387 g/mol.